The number of ether oxygens (including phenoxy) is 1. The third kappa shape index (κ3) is 2.58. The molecule has 0 amide bonds. The summed E-state index contributed by atoms with van der Waals surface area (Å²) in [6, 6.07) is 7.36. The number of aryl methyl sites for hydroxylation is 1. The minimum absolute atomic E-state index is 0.258. The Hall–Kier alpha value is -2.83. The van der Waals surface area contributed by atoms with Gasteiger partial charge in [-0.1, -0.05) is 5.16 Å². The molecule has 0 unspecified atom stereocenters. The summed E-state index contributed by atoms with van der Waals surface area (Å²) in [7, 11) is 1.61. The Morgan fingerprint density at radius 3 is 2.67 bits per heavy atom. The molecule has 0 atom stereocenters. The second kappa shape index (κ2) is 5.28. The molecule has 21 heavy (non-hydrogen) atoms. The molecule has 0 fully saturated rings. The maximum atomic E-state index is 11.5. The van der Waals surface area contributed by atoms with Gasteiger partial charge in [0.2, 0.25) is 5.89 Å². The fourth-order valence-corrected chi connectivity index (χ4v) is 1.92. The van der Waals surface area contributed by atoms with Gasteiger partial charge < -0.3 is 9.15 Å². The highest BCUT2D eigenvalue weighted by molar-refractivity contribution is 5.54. The first-order chi connectivity index (χ1) is 10.2. The van der Waals surface area contributed by atoms with Crippen molar-refractivity contribution in [1.29, 1.82) is 0 Å². The number of oxazole rings is 1. The summed E-state index contributed by atoms with van der Waals surface area (Å²) >= 11 is 0. The Morgan fingerprint density at radius 1 is 1.29 bits per heavy atom. The highest BCUT2D eigenvalue weighted by Gasteiger charge is 2.11. The smallest absolute Gasteiger partial charge is 0.441 e. The van der Waals surface area contributed by atoms with E-state index in [4.69, 9.17) is 9.15 Å². The molecule has 3 aromatic rings. The van der Waals surface area contributed by atoms with Crippen molar-refractivity contribution in [1.82, 2.24) is 14.7 Å². The quantitative estimate of drug-likeness (QED) is 0.728. The van der Waals surface area contributed by atoms with Crippen molar-refractivity contribution in [3.05, 3.63) is 52.6 Å². The van der Waals surface area contributed by atoms with Crippen molar-refractivity contribution >= 4 is 0 Å². The molecule has 1 aromatic carbocycles. The van der Waals surface area contributed by atoms with Crippen LogP contribution in [0.1, 0.15) is 11.5 Å². The summed E-state index contributed by atoms with van der Waals surface area (Å²) in [5.74, 6) is 1.22. The Bertz CT molecular complexity index is 798. The third-order valence-electron chi connectivity index (χ3n) is 3.08. The number of hydrogen-bond donors (Lipinski definition) is 0. The molecule has 3 rings (SSSR count). The number of nitrogens with zero attached hydrogens (tertiary/aromatic N) is 3. The Morgan fingerprint density at radius 2 is 2.05 bits per heavy atom. The minimum atomic E-state index is -0.513. The predicted octanol–water partition coefficient (Wildman–Crippen LogP) is 1.86. The Balaban J connectivity index is 1.84. The lowest BCUT2D eigenvalue weighted by atomic mass is 10.2. The fourth-order valence-electron chi connectivity index (χ4n) is 1.92. The van der Waals surface area contributed by atoms with E-state index in [-0.39, 0.29) is 6.54 Å². The van der Waals surface area contributed by atoms with E-state index in [0.29, 0.717) is 17.4 Å². The molecule has 7 nitrogen and oxygen atoms in total. The molecule has 108 valence electrons. The number of hydrogen-bond acceptors (Lipinski definition) is 6. The Kier molecular flexibility index (Phi) is 3.31. The maximum absolute atomic E-state index is 11.5. The van der Waals surface area contributed by atoms with E-state index in [1.807, 2.05) is 24.3 Å². The van der Waals surface area contributed by atoms with Crippen LogP contribution in [0.25, 0.3) is 11.5 Å². The van der Waals surface area contributed by atoms with E-state index in [2.05, 4.69) is 14.7 Å². The lowest BCUT2D eigenvalue weighted by Crippen LogP contribution is -2.16. The summed E-state index contributed by atoms with van der Waals surface area (Å²) in [6.45, 7) is 1.95. The predicted molar refractivity (Wildman–Crippen MR) is 73.1 cm³/mol. The first-order valence-electron chi connectivity index (χ1n) is 6.29. The highest BCUT2D eigenvalue weighted by Crippen LogP contribution is 2.21. The van der Waals surface area contributed by atoms with Crippen molar-refractivity contribution in [2.24, 2.45) is 0 Å². The second-order valence-corrected chi connectivity index (χ2v) is 4.45. The first-order valence-corrected chi connectivity index (χ1v) is 6.29. The average Bonchev–Trinajstić information content (AvgIpc) is 3.10. The van der Waals surface area contributed by atoms with E-state index in [1.54, 1.807) is 14.0 Å². The summed E-state index contributed by atoms with van der Waals surface area (Å²) in [4.78, 5) is 15.8. The molecule has 0 radical (unpaired) electrons. The molecule has 2 aromatic heterocycles. The lowest BCUT2D eigenvalue weighted by Gasteiger charge is -1.99. The van der Waals surface area contributed by atoms with E-state index in [9.17, 15) is 4.79 Å². The normalized spacial score (nSPS) is 10.8. The number of aromatic nitrogens is 3. The van der Waals surface area contributed by atoms with Crippen LogP contribution in [0.5, 0.6) is 5.75 Å². The standard InChI is InChI=1S/C14H13N3O4/c1-9-16-21-14(18)17(9)7-11-8-20-13(15-11)10-3-5-12(19-2)6-4-10/h3-6,8H,7H2,1-2H3. The molecule has 2 heterocycles. The summed E-state index contributed by atoms with van der Waals surface area (Å²) in [5.41, 5.74) is 1.45. The highest BCUT2D eigenvalue weighted by atomic mass is 16.5. The van der Waals surface area contributed by atoms with Crippen molar-refractivity contribution < 1.29 is 13.7 Å². The Labute approximate surface area is 119 Å². The van der Waals surface area contributed by atoms with Gasteiger partial charge >= 0.3 is 5.76 Å². The van der Waals surface area contributed by atoms with Crippen molar-refractivity contribution in [3.8, 4) is 17.2 Å². The van der Waals surface area contributed by atoms with Crippen LogP contribution in [0.4, 0.5) is 0 Å². The first kappa shape index (κ1) is 13.2. The van der Waals surface area contributed by atoms with E-state index >= 15 is 0 Å². The van der Waals surface area contributed by atoms with Gasteiger partial charge in [-0.2, -0.15) is 0 Å². The van der Waals surface area contributed by atoms with Gasteiger partial charge in [0.1, 0.15) is 12.0 Å². The van der Waals surface area contributed by atoms with Crippen molar-refractivity contribution in [3.63, 3.8) is 0 Å². The van der Waals surface area contributed by atoms with Gasteiger partial charge in [0, 0.05) is 5.56 Å². The topological polar surface area (TPSA) is 83.3 Å². The number of benzene rings is 1. The van der Waals surface area contributed by atoms with Crippen LogP contribution in [-0.4, -0.2) is 21.8 Å². The van der Waals surface area contributed by atoms with Gasteiger partial charge in [-0.05, 0) is 31.2 Å². The zero-order valence-corrected chi connectivity index (χ0v) is 11.6. The molecule has 0 aliphatic carbocycles. The van der Waals surface area contributed by atoms with Gasteiger partial charge in [-0.25, -0.2) is 9.78 Å². The fraction of sp³-hybridized carbons (Fsp3) is 0.214. The van der Waals surface area contributed by atoms with Crippen LogP contribution in [0.2, 0.25) is 0 Å². The zero-order chi connectivity index (χ0) is 14.8. The van der Waals surface area contributed by atoms with Crippen LogP contribution < -0.4 is 10.5 Å². The molecule has 0 spiro atoms. The van der Waals surface area contributed by atoms with Crippen molar-refractivity contribution in [2.75, 3.05) is 7.11 Å². The summed E-state index contributed by atoms with van der Waals surface area (Å²) in [5, 5.41) is 3.60. The largest absolute Gasteiger partial charge is 0.497 e. The van der Waals surface area contributed by atoms with Gasteiger partial charge in [-0.3, -0.25) is 9.09 Å². The third-order valence-corrected chi connectivity index (χ3v) is 3.08. The summed E-state index contributed by atoms with van der Waals surface area (Å²) in [6.07, 6.45) is 1.51. The van der Waals surface area contributed by atoms with E-state index in [1.165, 1.54) is 10.8 Å². The van der Waals surface area contributed by atoms with Crippen molar-refractivity contribution in [2.45, 2.75) is 13.5 Å². The van der Waals surface area contributed by atoms with Crippen LogP contribution in [0, 0.1) is 6.92 Å². The average molecular weight is 287 g/mol. The molecule has 7 heteroatoms. The summed E-state index contributed by atoms with van der Waals surface area (Å²) < 4.78 is 16.5. The van der Waals surface area contributed by atoms with Gasteiger partial charge in [-0.15, -0.1) is 0 Å². The molecule has 0 bridgehead atoms. The van der Waals surface area contributed by atoms with Crippen LogP contribution in [0.3, 0.4) is 0 Å². The maximum Gasteiger partial charge on any atom is 0.441 e. The zero-order valence-electron chi connectivity index (χ0n) is 11.6. The molecule has 0 saturated carbocycles. The molecular weight excluding hydrogens is 274 g/mol. The molecule has 0 N–H and O–H groups in total. The monoisotopic (exact) mass is 287 g/mol. The van der Waals surface area contributed by atoms with Crippen LogP contribution in [0.15, 0.2) is 44.3 Å². The van der Waals surface area contributed by atoms with Gasteiger partial charge in [0.15, 0.2) is 5.82 Å². The van der Waals surface area contributed by atoms with E-state index < -0.39 is 5.76 Å². The van der Waals surface area contributed by atoms with Crippen LogP contribution in [-0.2, 0) is 6.54 Å². The molecule has 0 saturated heterocycles. The minimum Gasteiger partial charge on any atom is -0.497 e. The number of methoxy groups -OCH3 is 1. The molecule has 0 aliphatic rings. The lowest BCUT2D eigenvalue weighted by molar-refractivity contribution is 0.375. The van der Waals surface area contributed by atoms with Crippen LogP contribution >= 0.6 is 0 Å². The number of rotatable bonds is 4. The molecular formula is C14H13N3O4. The molecule has 0 aliphatic heterocycles. The van der Waals surface area contributed by atoms with Gasteiger partial charge in [0.25, 0.3) is 0 Å². The van der Waals surface area contributed by atoms with E-state index in [0.717, 1.165) is 11.3 Å². The van der Waals surface area contributed by atoms with Gasteiger partial charge in [0.05, 0.1) is 19.3 Å². The SMILES string of the molecule is COc1ccc(-c2nc(Cn3c(C)noc3=O)co2)cc1. The second-order valence-electron chi connectivity index (χ2n) is 4.45.